The maximum absolute atomic E-state index is 11.8. The second kappa shape index (κ2) is 8.76. The van der Waals surface area contributed by atoms with Gasteiger partial charge in [-0.25, -0.2) is 9.59 Å². The molecule has 0 spiro atoms. The van der Waals surface area contributed by atoms with E-state index in [0.717, 1.165) is 0 Å². The van der Waals surface area contributed by atoms with Crippen molar-refractivity contribution in [3.63, 3.8) is 0 Å². The van der Waals surface area contributed by atoms with Crippen LogP contribution in [0.5, 0.6) is 0 Å². The van der Waals surface area contributed by atoms with Crippen LogP contribution in [-0.4, -0.2) is 42.6 Å². The molecule has 0 aliphatic heterocycles. The van der Waals surface area contributed by atoms with Crippen LogP contribution in [0.2, 0.25) is 0 Å². The molecule has 1 amide bonds. The number of amides is 1. The highest BCUT2D eigenvalue weighted by molar-refractivity contribution is 5.91. The molecule has 0 aliphatic carbocycles. The standard InChI is InChI=1S/C15H20N2O5/c1-4-10(2)13(15(20)21-3)17-12(18)9-22-14(19)11-6-5-7-16-8-11/h5-8,10,13H,4,9H2,1-3H3,(H,17,18)/t10-,13-/m0/s1. The maximum Gasteiger partial charge on any atom is 0.340 e. The van der Waals surface area contributed by atoms with Gasteiger partial charge in [0.15, 0.2) is 6.61 Å². The summed E-state index contributed by atoms with van der Waals surface area (Å²) in [6.07, 6.45) is 3.56. The minimum absolute atomic E-state index is 0.0922. The van der Waals surface area contributed by atoms with Crippen LogP contribution in [0.15, 0.2) is 24.5 Å². The van der Waals surface area contributed by atoms with Crippen molar-refractivity contribution < 1.29 is 23.9 Å². The highest BCUT2D eigenvalue weighted by Gasteiger charge is 2.26. The van der Waals surface area contributed by atoms with E-state index in [-0.39, 0.29) is 11.5 Å². The van der Waals surface area contributed by atoms with Crippen LogP contribution in [0.1, 0.15) is 30.6 Å². The smallest absolute Gasteiger partial charge is 0.340 e. The second-order valence-corrected chi connectivity index (χ2v) is 4.77. The summed E-state index contributed by atoms with van der Waals surface area (Å²) in [5.41, 5.74) is 0.252. The molecule has 1 aromatic rings. The summed E-state index contributed by atoms with van der Waals surface area (Å²) in [6, 6.07) is 2.36. The fourth-order valence-electron chi connectivity index (χ4n) is 1.71. The lowest BCUT2D eigenvalue weighted by atomic mass is 9.99. The lowest BCUT2D eigenvalue weighted by Gasteiger charge is -2.21. The Bertz CT molecular complexity index is 518. The molecule has 1 aromatic heterocycles. The number of nitrogens with one attached hydrogen (secondary N) is 1. The third-order valence-corrected chi connectivity index (χ3v) is 3.22. The summed E-state index contributed by atoms with van der Waals surface area (Å²) in [5.74, 6) is -1.83. The van der Waals surface area contributed by atoms with Crippen LogP contribution < -0.4 is 5.32 Å². The van der Waals surface area contributed by atoms with Crippen molar-refractivity contribution in [2.75, 3.05) is 13.7 Å². The Kier molecular flexibility index (Phi) is 7.01. The molecule has 0 saturated carbocycles. The van der Waals surface area contributed by atoms with Gasteiger partial charge in [0.2, 0.25) is 0 Å². The summed E-state index contributed by atoms with van der Waals surface area (Å²) in [5, 5.41) is 2.52. The van der Waals surface area contributed by atoms with Crippen LogP contribution in [-0.2, 0) is 19.1 Å². The quantitative estimate of drug-likeness (QED) is 0.753. The van der Waals surface area contributed by atoms with E-state index >= 15 is 0 Å². The van der Waals surface area contributed by atoms with Gasteiger partial charge in [-0.3, -0.25) is 9.78 Å². The van der Waals surface area contributed by atoms with Crippen molar-refractivity contribution in [2.45, 2.75) is 26.3 Å². The van der Waals surface area contributed by atoms with Crippen molar-refractivity contribution in [3.8, 4) is 0 Å². The molecular weight excluding hydrogens is 288 g/mol. The summed E-state index contributed by atoms with van der Waals surface area (Å²) >= 11 is 0. The first-order chi connectivity index (χ1) is 10.5. The van der Waals surface area contributed by atoms with Crippen molar-refractivity contribution in [2.24, 2.45) is 5.92 Å². The van der Waals surface area contributed by atoms with Gasteiger partial charge in [-0.05, 0) is 18.1 Å². The zero-order chi connectivity index (χ0) is 16.5. The molecule has 0 aliphatic rings. The molecule has 120 valence electrons. The maximum atomic E-state index is 11.8. The predicted molar refractivity (Wildman–Crippen MR) is 77.9 cm³/mol. The summed E-state index contributed by atoms with van der Waals surface area (Å²) in [4.78, 5) is 38.9. The molecule has 0 bridgehead atoms. The zero-order valence-electron chi connectivity index (χ0n) is 12.9. The van der Waals surface area contributed by atoms with E-state index in [1.54, 1.807) is 6.07 Å². The van der Waals surface area contributed by atoms with Gasteiger partial charge in [0.25, 0.3) is 5.91 Å². The van der Waals surface area contributed by atoms with Gasteiger partial charge in [-0.1, -0.05) is 20.3 Å². The lowest BCUT2D eigenvalue weighted by Crippen LogP contribution is -2.47. The number of hydrogen-bond donors (Lipinski definition) is 1. The van der Waals surface area contributed by atoms with E-state index in [4.69, 9.17) is 4.74 Å². The molecule has 0 unspecified atom stereocenters. The molecule has 0 aromatic carbocycles. The molecule has 7 heteroatoms. The number of carbonyl (C=O) groups is 3. The second-order valence-electron chi connectivity index (χ2n) is 4.77. The van der Waals surface area contributed by atoms with Crippen LogP contribution in [0, 0.1) is 5.92 Å². The molecule has 7 nitrogen and oxygen atoms in total. The topological polar surface area (TPSA) is 94.6 Å². The number of rotatable bonds is 7. The number of esters is 2. The molecule has 0 fully saturated rings. The van der Waals surface area contributed by atoms with Gasteiger partial charge in [-0.15, -0.1) is 0 Å². The largest absolute Gasteiger partial charge is 0.467 e. The monoisotopic (exact) mass is 308 g/mol. The third-order valence-electron chi connectivity index (χ3n) is 3.22. The minimum atomic E-state index is -0.764. The molecule has 1 rings (SSSR count). The predicted octanol–water partition coefficient (Wildman–Crippen LogP) is 0.942. The Labute approximate surface area is 129 Å². The van der Waals surface area contributed by atoms with Crippen molar-refractivity contribution >= 4 is 17.8 Å². The first kappa shape index (κ1) is 17.6. The zero-order valence-corrected chi connectivity index (χ0v) is 12.9. The lowest BCUT2D eigenvalue weighted by molar-refractivity contribution is -0.147. The fraction of sp³-hybridized carbons (Fsp3) is 0.467. The number of nitrogens with zero attached hydrogens (tertiary/aromatic N) is 1. The molecule has 22 heavy (non-hydrogen) atoms. The van der Waals surface area contributed by atoms with Gasteiger partial charge in [0, 0.05) is 12.4 Å². The van der Waals surface area contributed by atoms with E-state index in [0.29, 0.717) is 6.42 Å². The molecular formula is C15H20N2O5. The Morgan fingerprint density at radius 3 is 2.64 bits per heavy atom. The number of ether oxygens (including phenoxy) is 2. The molecule has 1 heterocycles. The highest BCUT2D eigenvalue weighted by atomic mass is 16.5. The van der Waals surface area contributed by atoms with Gasteiger partial charge in [0.1, 0.15) is 6.04 Å². The van der Waals surface area contributed by atoms with Crippen molar-refractivity contribution in [1.29, 1.82) is 0 Å². The van der Waals surface area contributed by atoms with Crippen molar-refractivity contribution in [3.05, 3.63) is 30.1 Å². The van der Waals surface area contributed by atoms with Gasteiger partial charge in [-0.2, -0.15) is 0 Å². The minimum Gasteiger partial charge on any atom is -0.467 e. The Morgan fingerprint density at radius 2 is 2.09 bits per heavy atom. The van der Waals surface area contributed by atoms with E-state index in [1.807, 2.05) is 13.8 Å². The molecule has 2 atom stereocenters. The van der Waals surface area contributed by atoms with Gasteiger partial charge >= 0.3 is 11.9 Å². The van der Waals surface area contributed by atoms with E-state index in [2.05, 4.69) is 15.0 Å². The van der Waals surface area contributed by atoms with E-state index < -0.39 is 30.5 Å². The fourth-order valence-corrected chi connectivity index (χ4v) is 1.71. The average Bonchev–Trinajstić information content (AvgIpc) is 2.56. The first-order valence-corrected chi connectivity index (χ1v) is 6.93. The number of pyridine rings is 1. The Balaban J connectivity index is 2.54. The van der Waals surface area contributed by atoms with Crippen molar-refractivity contribution in [1.82, 2.24) is 10.3 Å². The van der Waals surface area contributed by atoms with Crippen LogP contribution in [0.25, 0.3) is 0 Å². The van der Waals surface area contributed by atoms with Gasteiger partial charge in [0.05, 0.1) is 12.7 Å². The molecule has 0 saturated heterocycles. The number of carbonyl (C=O) groups excluding carboxylic acids is 3. The summed E-state index contributed by atoms with van der Waals surface area (Å²) < 4.78 is 9.54. The average molecular weight is 308 g/mol. The van der Waals surface area contributed by atoms with Crippen LogP contribution in [0.4, 0.5) is 0 Å². The third kappa shape index (κ3) is 5.16. The Morgan fingerprint density at radius 1 is 1.36 bits per heavy atom. The number of hydrogen-bond acceptors (Lipinski definition) is 6. The Hall–Kier alpha value is -2.44. The first-order valence-electron chi connectivity index (χ1n) is 6.93. The van der Waals surface area contributed by atoms with Crippen LogP contribution in [0.3, 0.4) is 0 Å². The highest BCUT2D eigenvalue weighted by Crippen LogP contribution is 2.09. The summed E-state index contributed by atoms with van der Waals surface area (Å²) in [6.45, 7) is 3.25. The summed E-state index contributed by atoms with van der Waals surface area (Å²) in [7, 11) is 1.26. The van der Waals surface area contributed by atoms with Gasteiger partial charge < -0.3 is 14.8 Å². The molecule has 0 radical (unpaired) electrons. The normalized spacial score (nSPS) is 12.9. The van der Waals surface area contributed by atoms with E-state index in [9.17, 15) is 14.4 Å². The molecule has 1 N–H and O–H groups in total. The SMILES string of the molecule is CC[C@H](C)[C@H](NC(=O)COC(=O)c1cccnc1)C(=O)OC. The van der Waals surface area contributed by atoms with Crippen LogP contribution >= 0.6 is 0 Å². The number of methoxy groups -OCH3 is 1. The number of aromatic nitrogens is 1. The van der Waals surface area contributed by atoms with E-state index in [1.165, 1.54) is 25.6 Å².